The third kappa shape index (κ3) is 3.71. The summed E-state index contributed by atoms with van der Waals surface area (Å²) in [5.74, 6) is 1.47. The molecule has 0 spiro atoms. The third-order valence-corrected chi connectivity index (χ3v) is 5.45. The number of piperazine rings is 1. The molecular weight excluding hydrogens is 224 g/mol. The molecule has 5 heteroatoms. The first-order valence-electron chi connectivity index (χ1n) is 6.29. The van der Waals surface area contributed by atoms with E-state index in [0.717, 1.165) is 45.6 Å². The summed E-state index contributed by atoms with van der Waals surface area (Å²) in [5.41, 5.74) is 0. The second-order valence-corrected chi connectivity index (χ2v) is 7.28. The Hall–Kier alpha value is -0.130. The Balaban J connectivity index is 1.67. The van der Waals surface area contributed by atoms with E-state index in [-0.39, 0.29) is 0 Å². The van der Waals surface area contributed by atoms with E-state index in [2.05, 4.69) is 10.2 Å². The molecule has 4 nitrogen and oxygen atoms in total. The van der Waals surface area contributed by atoms with Crippen molar-refractivity contribution in [3.8, 4) is 0 Å². The van der Waals surface area contributed by atoms with Crippen LogP contribution in [0.2, 0.25) is 0 Å². The van der Waals surface area contributed by atoms with Gasteiger partial charge in [0, 0.05) is 26.2 Å². The first-order chi connectivity index (χ1) is 7.66. The second kappa shape index (κ2) is 5.47. The highest BCUT2D eigenvalue weighted by Gasteiger charge is 2.23. The third-order valence-electron chi connectivity index (χ3n) is 3.74. The summed E-state index contributed by atoms with van der Waals surface area (Å²) < 4.78 is 22.6. The zero-order valence-corrected chi connectivity index (χ0v) is 10.6. The Morgan fingerprint density at radius 2 is 1.75 bits per heavy atom. The average Bonchev–Trinajstić information content (AvgIpc) is 2.29. The molecule has 0 aromatic rings. The highest BCUT2D eigenvalue weighted by molar-refractivity contribution is 7.91. The molecule has 0 amide bonds. The van der Waals surface area contributed by atoms with Gasteiger partial charge in [-0.3, -0.25) is 0 Å². The minimum absolute atomic E-state index is 0.416. The standard InChI is InChI=1S/C11H22N2O2S/c14-16(15)9-2-11(3-10-16)1-6-13-7-4-12-5-8-13/h11-12H,1-10H2. The van der Waals surface area contributed by atoms with Crippen LogP contribution >= 0.6 is 0 Å². The smallest absolute Gasteiger partial charge is 0.150 e. The van der Waals surface area contributed by atoms with Crippen LogP contribution in [-0.4, -0.2) is 57.5 Å². The Kier molecular flexibility index (Phi) is 4.21. The van der Waals surface area contributed by atoms with Crippen molar-refractivity contribution in [2.45, 2.75) is 19.3 Å². The molecule has 0 aromatic carbocycles. The van der Waals surface area contributed by atoms with Crippen LogP contribution < -0.4 is 5.32 Å². The first-order valence-corrected chi connectivity index (χ1v) is 8.11. The average molecular weight is 246 g/mol. The maximum absolute atomic E-state index is 11.3. The monoisotopic (exact) mass is 246 g/mol. The topological polar surface area (TPSA) is 49.4 Å². The summed E-state index contributed by atoms with van der Waals surface area (Å²) in [4.78, 5) is 2.49. The van der Waals surface area contributed by atoms with E-state index in [4.69, 9.17) is 0 Å². The van der Waals surface area contributed by atoms with E-state index in [1.165, 1.54) is 6.42 Å². The number of hydrogen-bond acceptors (Lipinski definition) is 4. The molecule has 0 unspecified atom stereocenters. The lowest BCUT2D eigenvalue weighted by molar-refractivity contribution is 0.220. The molecular formula is C11H22N2O2S. The van der Waals surface area contributed by atoms with Gasteiger partial charge in [-0.2, -0.15) is 0 Å². The second-order valence-electron chi connectivity index (χ2n) is 4.98. The molecule has 2 aliphatic heterocycles. The first kappa shape index (κ1) is 12.3. The van der Waals surface area contributed by atoms with E-state index in [1.54, 1.807) is 0 Å². The van der Waals surface area contributed by atoms with E-state index in [0.29, 0.717) is 17.4 Å². The van der Waals surface area contributed by atoms with Gasteiger partial charge in [-0.15, -0.1) is 0 Å². The molecule has 1 N–H and O–H groups in total. The normalized spacial score (nSPS) is 28.0. The lowest BCUT2D eigenvalue weighted by Crippen LogP contribution is -2.44. The van der Waals surface area contributed by atoms with Gasteiger partial charge in [0.2, 0.25) is 0 Å². The zero-order valence-electron chi connectivity index (χ0n) is 9.82. The van der Waals surface area contributed by atoms with Gasteiger partial charge in [0.1, 0.15) is 9.84 Å². The van der Waals surface area contributed by atoms with Crippen molar-refractivity contribution >= 4 is 9.84 Å². The molecule has 94 valence electrons. The predicted octanol–water partition coefficient (Wildman–Crippen LogP) is 0.107. The Morgan fingerprint density at radius 1 is 1.12 bits per heavy atom. The zero-order chi connectivity index (χ0) is 11.4. The van der Waals surface area contributed by atoms with Crippen LogP contribution in [-0.2, 0) is 9.84 Å². The minimum Gasteiger partial charge on any atom is -0.314 e. The van der Waals surface area contributed by atoms with Crippen LogP contribution in [0.25, 0.3) is 0 Å². The maximum atomic E-state index is 11.3. The lowest BCUT2D eigenvalue weighted by atomic mass is 9.98. The fourth-order valence-corrected chi connectivity index (χ4v) is 4.12. The SMILES string of the molecule is O=S1(=O)CCC(CCN2CCNCC2)CC1. The molecule has 0 aromatic heterocycles. The molecule has 2 heterocycles. The number of nitrogens with zero attached hydrogens (tertiary/aromatic N) is 1. The quantitative estimate of drug-likeness (QED) is 0.768. The molecule has 2 aliphatic rings. The van der Waals surface area contributed by atoms with Gasteiger partial charge in [-0.25, -0.2) is 8.42 Å². The lowest BCUT2D eigenvalue weighted by Gasteiger charge is -2.29. The molecule has 2 rings (SSSR count). The number of rotatable bonds is 3. The molecule has 0 atom stereocenters. The summed E-state index contributed by atoms with van der Waals surface area (Å²) in [6.45, 7) is 5.63. The van der Waals surface area contributed by atoms with Gasteiger partial charge in [0.05, 0.1) is 11.5 Å². The minimum atomic E-state index is -2.68. The fraction of sp³-hybridized carbons (Fsp3) is 1.00. The molecule has 2 saturated heterocycles. The van der Waals surface area contributed by atoms with Crippen molar-refractivity contribution in [2.75, 3.05) is 44.2 Å². The van der Waals surface area contributed by atoms with E-state index in [9.17, 15) is 8.42 Å². The van der Waals surface area contributed by atoms with Crippen LogP contribution in [0.5, 0.6) is 0 Å². The molecule has 2 fully saturated rings. The highest BCUT2D eigenvalue weighted by atomic mass is 32.2. The van der Waals surface area contributed by atoms with Crippen LogP contribution in [0, 0.1) is 5.92 Å². The molecule has 0 saturated carbocycles. The van der Waals surface area contributed by atoms with Gasteiger partial charge < -0.3 is 10.2 Å². The number of nitrogens with one attached hydrogen (secondary N) is 1. The Labute approximate surface area is 98.3 Å². The van der Waals surface area contributed by atoms with Gasteiger partial charge in [0.25, 0.3) is 0 Å². The highest BCUT2D eigenvalue weighted by Crippen LogP contribution is 2.22. The summed E-state index contributed by atoms with van der Waals surface area (Å²) in [5, 5.41) is 3.34. The van der Waals surface area contributed by atoms with Gasteiger partial charge >= 0.3 is 0 Å². The van der Waals surface area contributed by atoms with E-state index < -0.39 is 9.84 Å². The van der Waals surface area contributed by atoms with Crippen LogP contribution in [0.3, 0.4) is 0 Å². The van der Waals surface area contributed by atoms with Crippen LogP contribution in [0.1, 0.15) is 19.3 Å². The van der Waals surface area contributed by atoms with Crippen LogP contribution in [0.4, 0.5) is 0 Å². The molecule has 16 heavy (non-hydrogen) atoms. The molecule has 0 radical (unpaired) electrons. The summed E-state index contributed by atoms with van der Waals surface area (Å²) >= 11 is 0. The maximum Gasteiger partial charge on any atom is 0.150 e. The summed E-state index contributed by atoms with van der Waals surface area (Å²) in [7, 11) is -2.68. The fourth-order valence-electron chi connectivity index (χ4n) is 2.53. The van der Waals surface area contributed by atoms with Crippen LogP contribution in [0.15, 0.2) is 0 Å². The van der Waals surface area contributed by atoms with Crippen molar-refractivity contribution in [2.24, 2.45) is 5.92 Å². The van der Waals surface area contributed by atoms with Crippen molar-refractivity contribution in [1.29, 1.82) is 0 Å². The predicted molar refractivity (Wildman–Crippen MR) is 65.3 cm³/mol. The van der Waals surface area contributed by atoms with Crippen molar-refractivity contribution < 1.29 is 8.42 Å². The summed E-state index contributed by atoms with van der Waals surface area (Å²) in [6, 6.07) is 0. The molecule has 0 aliphatic carbocycles. The van der Waals surface area contributed by atoms with Gasteiger partial charge in [-0.05, 0) is 31.7 Å². The Morgan fingerprint density at radius 3 is 2.38 bits per heavy atom. The summed E-state index contributed by atoms with van der Waals surface area (Å²) in [6.07, 6.45) is 2.94. The van der Waals surface area contributed by atoms with Gasteiger partial charge in [-0.1, -0.05) is 0 Å². The number of hydrogen-bond donors (Lipinski definition) is 1. The van der Waals surface area contributed by atoms with E-state index in [1.807, 2.05) is 0 Å². The number of sulfone groups is 1. The van der Waals surface area contributed by atoms with Crippen molar-refractivity contribution in [1.82, 2.24) is 10.2 Å². The van der Waals surface area contributed by atoms with Crippen molar-refractivity contribution in [3.63, 3.8) is 0 Å². The largest absolute Gasteiger partial charge is 0.314 e. The van der Waals surface area contributed by atoms with Gasteiger partial charge in [0.15, 0.2) is 0 Å². The van der Waals surface area contributed by atoms with E-state index >= 15 is 0 Å². The van der Waals surface area contributed by atoms with Crippen molar-refractivity contribution in [3.05, 3.63) is 0 Å². The molecule has 0 bridgehead atoms. The Bertz CT molecular complexity index is 296.